The lowest BCUT2D eigenvalue weighted by molar-refractivity contribution is -0.139. The van der Waals surface area contributed by atoms with Crippen molar-refractivity contribution in [2.75, 3.05) is 52.7 Å². The first kappa shape index (κ1) is 28.2. The molecule has 0 heterocycles. The van der Waals surface area contributed by atoms with Gasteiger partial charge < -0.3 is 40.6 Å². The van der Waals surface area contributed by atoms with E-state index in [9.17, 15) is 14.4 Å². The summed E-state index contributed by atoms with van der Waals surface area (Å²) in [5.74, 6) is -2.95. The molecule has 6 N–H and O–H groups in total. The van der Waals surface area contributed by atoms with Crippen LogP contribution in [0.25, 0.3) is 0 Å². The van der Waals surface area contributed by atoms with E-state index in [0.717, 1.165) is 25.7 Å². The van der Waals surface area contributed by atoms with Crippen molar-refractivity contribution in [2.24, 2.45) is 5.73 Å². The molecular formula is C19H36N2O9. The Morgan fingerprint density at radius 3 is 1.47 bits per heavy atom. The maximum absolute atomic E-state index is 10.7. The molecule has 0 aromatic carbocycles. The van der Waals surface area contributed by atoms with Crippen molar-refractivity contribution >= 4 is 17.9 Å². The number of hydrogen-bond donors (Lipinski definition) is 5. The molecule has 0 bridgehead atoms. The van der Waals surface area contributed by atoms with Crippen LogP contribution < -0.4 is 11.1 Å². The number of ether oxygens (including phenoxy) is 3. The summed E-state index contributed by atoms with van der Waals surface area (Å²) in [5, 5.41) is 29.6. The molecule has 0 aliphatic rings. The van der Waals surface area contributed by atoms with Crippen LogP contribution in [-0.2, 0) is 28.6 Å². The van der Waals surface area contributed by atoms with Crippen molar-refractivity contribution in [3.63, 3.8) is 0 Å². The van der Waals surface area contributed by atoms with E-state index in [1.807, 2.05) is 0 Å². The first-order valence-corrected chi connectivity index (χ1v) is 10.1. The van der Waals surface area contributed by atoms with Crippen LogP contribution in [0.15, 0.2) is 0 Å². The molecule has 0 atom stereocenters. The molecule has 0 amide bonds. The minimum atomic E-state index is -0.983. The van der Waals surface area contributed by atoms with Crippen LogP contribution in [-0.4, -0.2) is 91.5 Å². The molecule has 176 valence electrons. The van der Waals surface area contributed by atoms with Gasteiger partial charge in [0.05, 0.1) is 64.4 Å². The quantitative estimate of drug-likeness (QED) is 0.147. The molecule has 0 unspecified atom stereocenters. The van der Waals surface area contributed by atoms with Crippen LogP contribution in [0.2, 0.25) is 0 Å². The van der Waals surface area contributed by atoms with Crippen LogP contribution in [0.5, 0.6) is 0 Å². The summed E-state index contributed by atoms with van der Waals surface area (Å²) in [6.07, 6.45) is 3.31. The molecule has 0 rings (SSSR count). The van der Waals surface area contributed by atoms with Gasteiger partial charge in [0.2, 0.25) is 0 Å². The third kappa shape index (κ3) is 17.1. The Morgan fingerprint density at radius 1 is 0.700 bits per heavy atom. The number of rotatable bonds is 22. The monoisotopic (exact) mass is 436 g/mol. The number of hydrogen-bond acceptors (Lipinski definition) is 8. The van der Waals surface area contributed by atoms with E-state index < -0.39 is 23.4 Å². The second-order valence-corrected chi connectivity index (χ2v) is 7.00. The Hall–Kier alpha value is -1.79. The SMILES string of the molecule is NCCCCCCNC(COCCC(=O)O)(COCCC(=O)O)COCCC(=O)O. The van der Waals surface area contributed by atoms with E-state index in [1.165, 1.54) is 0 Å². The van der Waals surface area contributed by atoms with Crippen molar-refractivity contribution in [1.82, 2.24) is 5.32 Å². The van der Waals surface area contributed by atoms with Crippen LogP contribution in [0.3, 0.4) is 0 Å². The molecule has 0 fully saturated rings. The zero-order chi connectivity index (χ0) is 22.7. The highest BCUT2D eigenvalue weighted by Crippen LogP contribution is 2.11. The first-order chi connectivity index (χ1) is 14.3. The molecule has 0 aromatic rings. The standard InChI is InChI=1S/C19H36N2O9/c20-8-3-1-2-4-9-21-19(13-28-10-5-16(22)23,14-29-11-6-17(24)25)15-30-12-7-18(26)27/h21H,1-15,20H2,(H,22,23)(H,24,25)(H,26,27). The second-order valence-electron chi connectivity index (χ2n) is 7.00. The van der Waals surface area contributed by atoms with Crippen molar-refractivity contribution in [2.45, 2.75) is 50.5 Å². The number of aliphatic carboxylic acids is 3. The van der Waals surface area contributed by atoms with Gasteiger partial charge in [-0.05, 0) is 25.9 Å². The fourth-order valence-corrected chi connectivity index (χ4v) is 2.54. The number of nitrogens with one attached hydrogen (secondary N) is 1. The van der Waals surface area contributed by atoms with Gasteiger partial charge in [-0.2, -0.15) is 0 Å². The maximum atomic E-state index is 10.7. The van der Waals surface area contributed by atoms with Gasteiger partial charge in [-0.25, -0.2) is 0 Å². The van der Waals surface area contributed by atoms with Crippen molar-refractivity contribution < 1.29 is 43.9 Å². The van der Waals surface area contributed by atoms with Crippen LogP contribution in [0, 0.1) is 0 Å². The number of carboxylic acid groups (broad SMARTS) is 3. The Kier molecular flexibility index (Phi) is 16.9. The highest BCUT2D eigenvalue weighted by molar-refractivity contribution is 5.67. The number of carbonyl (C=O) groups is 3. The molecule has 0 aliphatic carbocycles. The van der Waals surface area contributed by atoms with Gasteiger partial charge in [-0.1, -0.05) is 12.8 Å². The molecule has 0 aliphatic heterocycles. The van der Waals surface area contributed by atoms with E-state index in [-0.39, 0.29) is 58.9 Å². The molecular weight excluding hydrogens is 400 g/mol. The van der Waals surface area contributed by atoms with Crippen molar-refractivity contribution in [3.05, 3.63) is 0 Å². The van der Waals surface area contributed by atoms with Gasteiger partial charge in [0.1, 0.15) is 0 Å². The minimum absolute atomic E-state index is 0.000481. The van der Waals surface area contributed by atoms with Crippen LogP contribution in [0.1, 0.15) is 44.9 Å². The summed E-state index contributed by atoms with van der Waals surface area (Å²) in [7, 11) is 0. The van der Waals surface area contributed by atoms with Crippen LogP contribution in [0.4, 0.5) is 0 Å². The number of carboxylic acids is 3. The Labute approximate surface area is 176 Å². The maximum Gasteiger partial charge on any atom is 0.305 e. The molecule has 11 heteroatoms. The van der Waals surface area contributed by atoms with Gasteiger partial charge >= 0.3 is 17.9 Å². The molecule has 0 saturated carbocycles. The van der Waals surface area contributed by atoms with E-state index in [1.54, 1.807) is 0 Å². The largest absolute Gasteiger partial charge is 0.481 e. The molecule has 0 aromatic heterocycles. The summed E-state index contributed by atoms with van der Waals surface area (Å²) < 4.78 is 16.5. The zero-order valence-electron chi connectivity index (χ0n) is 17.5. The minimum Gasteiger partial charge on any atom is -0.481 e. The van der Waals surface area contributed by atoms with Gasteiger partial charge in [0.25, 0.3) is 0 Å². The molecule has 30 heavy (non-hydrogen) atoms. The number of unbranched alkanes of at least 4 members (excludes halogenated alkanes) is 3. The summed E-state index contributed by atoms with van der Waals surface area (Å²) in [6.45, 7) is 1.47. The third-order valence-electron chi connectivity index (χ3n) is 4.15. The Bertz CT molecular complexity index is 434. The summed E-state index contributed by atoms with van der Waals surface area (Å²) in [6, 6.07) is 0. The molecule has 0 spiro atoms. The van der Waals surface area contributed by atoms with Gasteiger partial charge in [-0.3, -0.25) is 14.4 Å². The topological polar surface area (TPSA) is 178 Å². The van der Waals surface area contributed by atoms with Gasteiger partial charge in [0, 0.05) is 0 Å². The lowest BCUT2D eigenvalue weighted by Crippen LogP contribution is -2.57. The van der Waals surface area contributed by atoms with E-state index in [4.69, 9.17) is 35.3 Å². The summed E-state index contributed by atoms with van der Waals surface area (Å²) in [5.41, 5.74) is 4.63. The predicted molar refractivity (Wildman–Crippen MR) is 107 cm³/mol. The second kappa shape index (κ2) is 18.0. The van der Waals surface area contributed by atoms with Gasteiger partial charge in [0.15, 0.2) is 0 Å². The Morgan fingerprint density at radius 2 is 1.10 bits per heavy atom. The predicted octanol–water partition coefficient (Wildman–Crippen LogP) is 0.308. The lowest BCUT2D eigenvalue weighted by atomic mass is 10.0. The van der Waals surface area contributed by atoms with Crippen LogP contribution >= 0.6 is 0 Å². The Balaban J connectivity index is 4.87. The fraction of sp³-hybridized carbons (Fsp3) is 0.842. The van der Waals surface area contributed by atoms with E-state index >= 15 is 0 Å². The average molecular weight is 437 g/mol. The third-order valence-corrected chi connectivity index (χ3v) is 4.15. The smallest absolute Gasteiger partial charge is 0.305 e. The van der Waals surface area contributed by atoms with Gasteiger partial charge in [-0.15, -0.1) is 0 Å². The lowest BCUT2D eigenvalue weighted by Gasteiger charge is -2.34. The molecule has 0 radical (unpaired) electrons. The highest BCUT2D eigenvalue weighted by atomic mass is 16.5. The molecule has 11 nitrogen and oxygen atoms in total. The van der Waals surface area contributed by atoms with Crippen molar-refractivity contribution in [3.8, 4) is 0 Å². The normalized spacial score (nSPS) is 11.5. The first-order valence-electron chi connectivity index (χ1n) is 10.1. The fourth-order valence-electron chi connectivity index (χ4n) is 2.54. The van der Waals surface area contributed by atoms with E-state index in [2.05, 4.69) is 5.32 Å². The average Bonchev–Trinajstić information content (AvgIpc) is 2.68. The molecule has 0 saturated heterocycles. The summed E-state index contributed by atoms with van der Waals surface area (Å²) >= 11 is 0. The zero-order valence-corrected chi connectivity index (χ0v) is 17.5. The highest BCUT2D eigenvalue weighted by Gasteiger charge is 2.31. The number of nitrogens with two attached hydrogens (primary N) is 1. The summed E-state index contributed by atoms with van der Waals surface area (Å²) in [4.78, 5) is 32.1. The van der Waals surface area contributed by atoms with Crippen molar-refractivity contribution in [1.29, 1.82) is 0 Å². The van der Waals surface area contributed by atoms with E-state index in [0.29, 0.717) is 13.1 Å².